The molecule has 0 aromatic rings. The van der Waals surface area contributed by atoms with Gasteiger partial charge in [-0.2, -0.15) is 0 Å². The second kappa shape index (κ2) is 4.01. The topological polar surface area (TPSA) is 0 Å². The van der Waals surface area contributed by atoms with Gasteiger partial charge >= 0.3 is 0 Å². The highest BCUT2D eigenvalue weighted by molar-refractivity contribution is 5.27. The Hall–Kier alpha value is -0.590. The van der Waals surface area contributed by atoms with Gasteiger partial charge in [-0.05, 0) is 55.4 Å². The maximum atomic E-state index is 14.0. The lowest BCUT2D eigenvalue weighted by molar-refractivity contribution is 0.108. The first-order valence-electron chi connectivity index (χ1n) is 6.45. The monoisotopic (exact) mass is 222 g/mol. The van der Waals surface area contributed by atoms with E-state index in [1.807, 2.05) is 0 Å². The van der Waals surface area contributed by atoms with E-state index in [1.54, 1.807) is 0 Å². The Labute approximate surface area is 98.6 Å². The molecule has 1 heteroatoms. The van der Waals surface area contributed by atoms with Crippen LogP contribution < -0.4 is 0 Å². The molecule has 0 nitrogen and oxygen atoms in total. The van der Waals surface area contributed by atoms with Crippen LogP contribution in [0.1, 0.15) is 46.5 Å². The van der Waals surface area contributed by atoms with Crippen LogP contribution in [0, 0.1) is 17.3 Å². The molecule has 2 aliphatic rings. The highest BCUT2D eigenvalue weighted by atomic mass is 19.1. The quantitative estimate of drug-likeness (QED) is 0.565. The second-order valence-corrected chi connectivity index (χ2v) is 6.01. The maximum absolute atomic E-state index is 14.0. The summed E-state index contributed by atoms with van der Waals surface area (Å²) < 4.78 is 14.0. The summed E-state index contributed by atoms with van der Waals surface area (Å²) in [5.41, 5.74) is 2.42. The molecule has 0 N–H and O–H groups in total. The van der Waals surface area contributed by atoms with Crippen molar-refractivity contribution in [3.8, 4) is 0 Å². The van der Waals surface area contributed by atoms with E-state index in [0.29, 0.717) is 11.8 Å². The van der Waals surface area contributed by atoms with Crippen LogP contribution in [0.2, 0.25) is 0 Å². The Morgan fingerprint density at radius 2 is 2.19 bits per heavy atom. The summed E-state index contributed by atoms with van der Waals surface area (Å²) in [4.78, 5) is 0. The van der Waals surface area contributed by atoms with Crippen LogP contribution in [0.25, 0.3) is 0 Å². The van der Waals surface area contributed by atoms with E-state index in [1.165, 1.54) is 5.57 Å². The van der Waals surface area contributed by atoms with E-state index < -0.39 is 6.17 Å². The van der Waals surface area contributed by atoms with Gasteiger partial charge in [0.25, 0.3) is 0 Å². The van der Waals surface area contributed by atoms with Crippen molar-refractivity contribution in [2.24, 2.45) is 17.3 Å². The zero-order valence-corrected chi connectivity index (χ0v) is 10.7. The van der Waals surface area contributed by atoms with Gasteiger partial charge < -0.3 is 0 Å². The third-order valence-corrected chi connectivity index (χ3v) is 4.93. The first kappa shape index (κ1) is 11.9. The third kappa shape index (κ3) is 1.74. The predicted molar refractivity (Wildman–Crippen MR) is 67.0 cm³/mol. The Bertz CT molecular complexity index is 328. The first-order valence-corrected chi connectivity index (χ1v) is 6.45. The molecule has 0 aliphatic heterocycles. The minimum absolute atomic E-state index is 0.0829. The highest BCUT2D eigenvalue weighted by Gasteiger charge is 2.45. The lowest BCUT2D eigenvalue weighted by Gasteiger charge is -2.48. The molecule has 4 atom stereocenters. The van der Waals surface area contributed by atoms with E-state index >= 15 is 0 Å². The van der Waals surface area contributed by atoms with Gasteiger partial charge in [-0.1, -0.05) is 32.1 Å². The number of hydrogen-bond acceptors (Lipinski definition) is 0. The average Bonchev–Trinajstić information content (AvgIpc) is 2.23. The molecule has 0 bridgehead atoms. The van der Waals surface area contributed by atoms with Crippen LogP contribution in [0.5, 0.6) is 0 Å². The third-order valence-electron chi connectivity index (χ3n) is 4.93. The van der Waals surface area contributed by atoms with Crippen molar-refractivity contribution in [2.45, 2.75) is 52.6 Å². The van der Waals surface area contributed by atoms with Gasteiger partial charge in [0.15, 0.2) is 0 Å². The van der Waals surface area contributed by atoms with Crippen LogP contribution in [-0.4, -0.2) is 6.17 Å². The Balaban J connectivity index is 2.32. The molecule has 0 amide bonds. The molecule has 16 heavy (non-hydrogen) atoms. The fraction of sp³-hybridized carbons (Fsp3) is 0.733. The van der Waals surface area contributed by atoms with Gasteiger partial charge in [0.1, 0.15) is 6.17 Å². The number of hydrogen-bond donors (Lipinski definition) is 0. The van der Waals surface area contributed by atoms with E-state index in [4.69, 9.17) is 0 Å². The fourth-order valence-electron chi connectivity index (χ4n) is 3.43. The standard InChI is InChI=1S/C15H23F/c1-10(2)12-6-7-13-14(16)8-5-11(3)15(13,4)9-12/h7,11-12,14H,1,5-6,8-9H2,2-4H3/t11-,12-,14+,15+/m0/s1. The van der Waals surface area contributed by atoms with Crippen molar-refractivity contribution in [1.29, 1.82) is 0 Å². The summed E-state index contributed by atoms with van der Waals surface area (Å²) in [6.07, 6.45) is 5.32. The second-order valence-electron chi connectivity index (χ2n) is 6.01. The molecular weight excluding hydrogens is 199 g/mol. The summed E-state index contributed by atoms with van der Waals surface area (Å²) >= 11 is 0. The van der Waals surface area contributed by atoms with Crippen molar-refractivity contribution in [2.75, 3.05) is 0 Å². The van der Waals surface area contributed by atoms with Crippen LogP contribution in [0.15, 0.2) is 23.8 Å². The van der Waals surface area contributed by atoms with Crippen LogP contribution in [0.3, 0.4) is 0 Å². The minimum Gasteiger partial charge on any atom is -0.243 e. The average molecular weight is 222 g/mol. The summed E-state index contributed by atoms with van der Waals surface area (Å²) in [6, 6.07) is 0. The van der Waals surface area contributed by atoms with Crippen molar-refractivity contribution >= 4 is 0 Å². The summed E-state index contributed by atoms with van der Waals surface area (Å²) in [7, 11) is 0. The maximum Gasteiger partial charge on any atom is 0.122 e. The van der Waals surface area contributed by atoms with Crippen molar-refractivity contribution in [1.82, 2.24) is 0 Å². The molecule has 90 valence electrons. The Kier molecular flexibility index (Phi) is 2.98. The molecule has 2 rings (SSSR count). The molecule has 0 heterocycles. The zero-order valence-electron chi connectivity index (χ0n) is 10.7. The number of allylic oxidation sites excluding steroid dienone is 3. The predicted octanol–water partition coefficient (Wildman–Crippen LogP) is 4.67. The summed E-state index contributed by atoms with van der Waals surface area (Å²) in [6.45, 7) is 10.7. The molecule has 1 fully saturated rings. The largest absolute Gasteiger partial charge is 0.243 e. The Morgan fingerprint density at radius 1 is 1.50 bits per heavy atom. The van der Waals surface area contributed by atoms with E-state index in [9.17, 15) is 4.39 Å². The smallest absolute Gasteiger partial charge is 0.122 e. The lowest BCUT2D eigenvalue weighted by atomic mass is 9.57. The van der Waals surface area contributed by atoms with Gasteiger partial charge in [0.05, 0.1) is 0 Å². The number of fused-ring (bicyclic) bond motifs is 1. The van der Waals surface area contributed by atoms with E-state index in [0.717, 1.165) is 31.3 Å². The van der Waals surface area contributed by atoms with Crippen molar-refractivity contribution < 1.29 is 4.39 Å². The highest BCUT2D eigenvalue weighted by Crippen LogP contribution is 2.53. The summed E-state index contributed by atoms with van der Waals surface area (Å²) in [5, 5.41) is 0. The molecule has 2 aliphatic carbocycles. The van der Waals surface area contributed by atoms with Gasteiger partial charge in [-0.3, -0.25) is 0 Å². The number of rotatable bonds is 1. The number of halogens is 1. The zero-order chi connectivity index (χ0) is 11.9. The van der Waals surface area contributed by atoms with Crippen LogP contribution in [0.4, 0.5) is 4.39 Å². The molecule has 0 aromatic heterocycles. The van der Waals surface area contributed by atoms with Gasteiger partial charge in [-0.15, -0.1) is 0 Å². The first-order chi connectivity index (χ1) is 7.45. The van der Waals surface area contributed by atoms with Crippen LogP contribution >= 0.6 is 0 Å². The van der Waals surface area contributed by atoms with Gasteiger partial charge in [-0.25, -0.2) is 4.39 Å². The van der Waals surface area contributed by atoms with E-state index in [-0.39, 0.29) is 5.41 Å². The van der Waals surface area contributed by atoms with Crippen LogP contribution in [-0.2, 0) is 0 Å². The van der Waals surface area contributed by atoms with Gasteiger partial charge in [0.2, 0.25) is 0 Å². The normalized spacial score (nSPS) is 43.5. The fourth-order valence-corrected chi connectivity index (χ4v) is 3.43. The molecule has 0 aromatic carbocycles. The van der Waals surface area contributed by atoms with Crippen molar-refractivity contribution in [3.05, 3.63) is 23.8 Å². The van der Waals surface area contributed by atoms with Gasteiger partial charge in [0, 0.05) is 0 Å². The molecular formula is C15H23F. The molecule has 0 radical (unpaired) electrons. The molecule has 0 unspecified atom stereocenters. The molecule has 1 saturated carbocycles. The van der Waals surface area contributed by atoms with E-state index in [2.05, 4.69) is 33.4 Å². The Morgan fingerprint density at radius 3 is 2.81 bits per heavy atom. The summed E-state index contributed by atoms with van der Waals surface area (Å²) in [5.74, 6) is 1.16. The molecule has 0 saturated heterocycles. The lowest BCUT2D eigenvalue weighted by Crippen LogP contribution is -2.40. The molecule has 0 spiro atoms. The minimum atomic E-state index is -0.688. The SMILES string of the molecule is C=C(C)[C@H]1CC=C2[C@H](F)CC[C@H](C)[C@@]2(C)C1. The van der Waals surface area contributed by atoms with Crippen molar-refractivity contribution in [3.63, 3.8) is 0 Å². The number of alkyl halides is 1.